The molecule has 0 spiro atoms. The van der Waals surface area contributed by atoms with Crippen molar-refractivity contribution in [1.29, 1.82) is 0 Å². The van der Waals surface area contributed by atoms with Gasteiger partial charge in [0.25, 0.3) is 0 Å². The summed E-state index contributed by atoms with van der Waals surface area (Å²) in [5.74, 6) is 0. The number of fused-ring (bicyclic) bond motifs is 2. The molecule has 0 saturated carbocycles. The molecule has 6 rings (SSSR count). The minimum atomic E-state index is 0. The average Bonchev–Trinajstić information content (AvgIpc) is 3.57. The van der Waals surface area contributed by atoms with E-state index in [0.29, 0.717) is 6.04 Å². The van der Waals surface area contributed by atoms with Gasteiger partial charge in [0.2, 0.25) is 0 Å². The van der Waals surface area contributed by atoms with Crippen LogP contribution >= 0.6 is 0 Å². The van der Waals surface area contributed by atoms with E-state index < -0.39 is 0 Å². The minimum Gasteiger partial charge on any atom is -0.382 e. The minimum absolute atomic E-state index is 0. The molecule has 1 saturated heterocycles. The zero-order valence-corrected chi connectivity index (χ0v) is 20.5. The summed E-state index contributed by atoms with van der Waals surface area (Å²) in [5, 5.41) is 3.74. The number of rotatable bonds is 7. The lowest BCUT2D eigenvalue weighted by Crippen LogP contribution is -2.47. The fourth-order valence-corrected chi connectivity index (χ4v) is 5.66. The topological polar surface area (TPSA) is 49.2 Å². The Labute approximate surface area is 209 Å². The van der Waals surface area contributed by atoms with Gasteiger partial charge < -0.3 is 9.88 Å². The summed E-state index contributed by atoms with van der Waals surface area (Å²) in [6, 6.07) is 18.1. The number of aryl methyl sites for hydroxylation is 1. The predicted octanol–water partition coefficient (Wildman–Crippen LogP) is 4.82. The zero-order chi connectivity index (χ0) is 23.6. The van der Waals surface area contributed by atoms with E-state index in [1.165, 1.54) is 42.6 Å². The van der Waals surface area contributed by atoms with E-state index in [1.807, 2.05) is 25.8 Å². The quantitative estimate of drug-likeness (QED) is 0.422. The first-order valence-electron chi connectivity index (χ1n) is 12.9. The summed E-state index contributed by atoms with van der Waals surface area (Å²) in [7, 11) is 2.04. The van der Waals surface area contributed by atoms with Crippen molar-refractivity contribution in [3.8, 4) is 11.1 Å². The molecule has 182 valence electrons. The molecular formula is C29H36N6. The maximum Gasteiger partial charge on any atom is 0.0955 e. The number of benzene rings is 2. The Morgan fingerprint density at radius 1 is 0.971 bits per heavy atom. The van der Waals surface area contributed by atoms with Gasteiger partial charge in [0.15, 0.2) is 0 Å². The molecule has 4 heterocycles. The Morgan fingerprint density at radius 2 is 1.83 bits per heavy atom. The summed E-state index contributed by atoms with van der Waals surface area (Å²) < 4.78 is 2.06. The number of anilines is 1. The molecule has 6 heteroatoms. The van der Waals surface area contributed by atoms with Crippen molar-refractivity contribution in [2.75, 3.05) is 38.0 Å². The molecule has 1 fully saturated rings. The monoisotopic (exact) mass is 468 g/mol. The molecule has 0 bridgehead atoms. The van der Waals surface area contributed by atoms with E-state index >= 15 is 0 Å². The molecule has 1 unspecified atom stereocenters. The van der Waals surface area contributed by atoms with Gasteiger partial charge >= 0.3 is 0 Å². The number of aromatic nitrogens is 3. The van der Waals surface area contributed by atoms with Crippen LogP contribution in [0.3, 0.4) is 0 Å². The van der Waals surface area contributed by atoms with Crippen LogP contribution in [0, 0.1) is 0 Å². The van der Waals surface area contributed by atoms with Crippen LogP contribution in [0.1, 0.15) is 25.4 Å². The van der Waals surface area contributed by atoms with E-state index in [9.17, 15) is 0 Å². The molecule has 35 heavy (non-hydrogen) atoms. The summed E-state index contributed by atoms with van der Waals surface area (Å²) >= 11 is 0. The molecule has 1 atom stereocenters. The molecule has 4 aromatic rings. The number of pyridine rings is 1. The van der Waals surface area contributed by atoms with E-state index in [0.717, 1.165) is 54.9 Å². The van der Waals surface area contributed by atoms with Crippen molar-refractivity contribution in [3.63, 3.8) is 0 Å². The van der Waals surface area contributed by atoms with Gasteiger partial charge in [-0.3, -0.25) is 14.8 Å². The van der Waals surface area contributed by atoms with Crippen LogP contribution in [0.4, 0.5) is 5.69 Å². The summed E-state index contributed by atoms with van der Waals surface area (Å²) in [6.07, 6.45) is 9.54. The Bertz CT molecular complexity index is 1310. The smallest absolute Gasteiger partial charge is 0.0955 e. The number of nitrogens with one attached hydrogen (secondary N) is 1. The maximum absolute atomic E-state index is 4.56. The summed E-state index contributed by atoms with van der Waals surface area (Å²) in [4.78, 5) is 14.3. The second-order valence-corrected chi connectivity index (χ2v) is 10.1. The second-order valence-electron chi connectivity index (χ2n) is 10.1. The number of hydrogen-bond acceptors (Lipinski definition) is 5. The average molecular weight is 469 g/mol. The standard InChI is InChI=1S/C29H34N6.H2/c1-33-21-32-28-9-8-23(15-29(28)33)25-14-26(17-30-16-25)31-18-27(35-11-4-5-12-35)20-34-13-10-22-6-2-3-7-24(22)19-34;/h2-3,6-9,14-17,21,27,31H,4-5,10-13,18-20H2,1H3;1H. The molecule has 1 N–H and O–H groups in total. The Morgan fingerprint density at radius 3 is 2.71 bits per heavy atom. The molecule has 2 aromatic carbocycles. The molecule has 0 radical (unpaired) electrons. The highest BCUT2D eigenvalue weighted by Gasteiger charge is 2.26. The fourth-order valence-electron chi connectivity index (χ4n) is 5.66. The van der Waals surface area contributed by atoms with Gasteiger partial charge in [0.1, 0.15) is 0 Å². The lowest BCUT2D eigenvalue weighted by molar-refractivity contribution is 0.158. The van der Waals surface area contributed by atoms with Crippen LogP contribution in [-0.4, -0.2) is 63.1 Å². The van der Waals surface area contributed by atoms with Gasteiger partial charge in [0.05, 0.1) is 23.0 Å². The first-order chi connectivity index (χ1) is 17.2. The van der Waals surface area contributed by atoms with Crippen molar-refractivity contribution in [2.24, 2.45) is 7.05 Å². The normalized spacial score (nSPS) is 17.5. The SMILES string of the molecule is Cn1cnc2ccc(-c3cncc(NCC(CN4CCc5ccccc5C4)N4CCCC4)c3)cc21.[HH]. The summed E-state index contributed by atoms with van der Waals surface area (Å²) in [5.41, 5.74) is 8.55. The molecule has 2 aliphatic heterocycles. The van der Waals surface area contributed by atoms with E-state index in [-0.39, 0.29) is 1.43 Å². The predicted molar refractivity (Wildman–Crippen MR) is 145 cm³/mol. The largest absolute Gasteiger partial charge is 0.382 e. The number of likely N-dealkylation sites (tertiary alicyclic amines) is 1. The highest BCUT2D eigenvalue weighted by molar-refractivity contribution is 5.82. The number of nitrogens with zero attached hydrogens (tertiary/aromatic N) is 5. The highest BCUT2D eigenvalue weighted by Crippen LogP contribution is 2.26. The third-order valence-electron chi connectivity index (χ3n) is 7.67. The van der Waals surface area contributed by atoms with Crippen molar-refractivity contribution in [2.45, 2.75) is 31.8 Å². The van der Waals surface area contributed by atoms with Crippen LogP contribution in [0.5, 0.6) is 0 Å². The van der Waals surface area contributed by atoms with Crippen LogP contribution in [0.25, 0.3) is 22.2 Å². The lowest BCUT2D eigenvalue weighted by atomic mass is 9.99. The Kier molecular flexibility index (Phi) is 6.23. The molecule has 2 aromatic heterocycles. The second kappa shape index (κ2) is 9.80. The first kappa shape index (κ1) is 22.3. The summed E-state index contributed by atoms with van der Waals surface area (Å²) in [6.45, 7) is 6.66. The fraction of sp³-hybridized carbons (Fsp3) is 0.379. The highest BCUT2D eigenvalue weighted by atomic mass is 15.2. The third-order valence-corrected chi connectivity index (χ3v) is 7.67. The Balaban J connectivity index is 0.00000267. The van der Waals surface area contributed by atoms with Crippen molar-refractivity contribution < 1.29 is 1.43 Å². The lowest BCUT2D eigenvalue weighted by Gasteiger charge is -2.36. The number of imidazole rings is 1. The van der Waals surface area contributed by atoms with Crippen molar-refractivity contribution >= 4 is 16.7 Å². The van der Waals surface area contributed by atoms with Crippen molar-refractivity contribution in [3.05, 3.63) is 78.4 Å². The molecule has 0 amide bonds. The maximum atomic E-state index is 4.56. The molecule has 6 nitrogen and oxygen atoms in total. The molecule has 2 aliphatic rings. The van der Waals surface area contributed by atoms with Gasteiger partial charge in [-0.1, -0.05) is 30.3 Å². The van der Waals surface area contributed by atoms with Gasteiger partial charge in [-0.05, 0) is 67.2 Å². The van der Waals surface area contributed by atoms with Crippen LogP contribution < -0.4 is 5.32 Å². The van der Waals surface area contributed by atoms with Crippen LogP contribution in [0.15, 0.2) is 67.3 Å². The van der Waals surface area contributed by atoms with E-state index in [4.69, 9.17) is 0 Å². The first-order valence-corrected chi connectivity index (χ1v) is 12.9. The third kappa shape index (κ3) is 4.81. The number of hydrogen-bond donors (Lipinski definition) is 1. The Hall–Kier alpha value is -3.22. The van der Waals surface area contributed by atoms with Crippen molar-refractivity contribution in [1.82, 2.24) is 24.3 Å². The van der Waals surface area contributed by atoms with Crippen LogP contribution in [-0.2, 0) is 20.0 Å². The van der Waals surface area contributed by atoms with Gasteiger partial charge in [-0.25, -0.2) is 4.98 Å². The van der Waals surface area contributed by atoms with Gasteiger partial charge in [-0.2, -0.15) is 0 Å². The van der Waals surface area contributed by atoms with Crippen LogP contribution in [0.2, 0.25) is 0 Å². The van der Waals surface area contributed by atoms with Gasteiger partial charge in [-0.15, -0.1) is 0 Å². The van der Waals surface area contributed by atoms with E-state index in [1.54, 1.807) is 0 Å². The zero-order valence-electron chi connectivity index (χ0n) is 20.5. The van der Waals surface area contributed by atoms with Gasteiger partial charge in [0, 0.05) is 58.7 Å². The molecule has 0 aliphatic carbocycles. The van der Waals surface area contributed by atoms with E-state index in [2.05, 4.69) is 78.2 Å². The molecular weight excluding hydrogens is 432 g/mol.